The van der Waals surface area contributed by atoms with E-state index in [-0.39, 0.29) is 21.6 Å². The topological polar surface area (TPSA) is 136 Å². The Balaban J connectivity index is 1.75. The molecule has 1 atom stereocenters. The van der Waals surface area contributed by atoms with E-state index in [1.54, 1.807) is 20.8 Å². The first kappa shape index (κ1) is 22.9. The molecule has 1 fully saturated rings. The highest BCUT2D eigenvalue weighted by atomic mass is 32.2. The van der Waals surface area contributed by atoms with Crippen LogP contribution in [0.15, 0.2) is 32.3 Å². The first-order chi connectivity index (χ1) is 14.0. The third-order valence-corrected chi connectivity index (χ3v) is 7.74. The summed E-state index contributed by atoms with van der Waals surface area (Å²) in [5, 5.41) is 23.4. The normalized spacial score (nSPS) is 17.2. The molecule has 0 bridgehead atoms. The highest BCUT2D eigenvalue weighted by molar-refractivity contribution is 8.01. The van der Waals surface area contributed by atoms with E-state index in [0.29, 0.717) is 16.0 Å². The van der Waals surface area contributed by atoms with Gasteiger partial charge in [-0.15, -0.1) is 10.2 Å². The van der Waals surface area contributed by atoms with Gasteiger partial charge in [-0.3, -0.25) is 10.1 Å². The fourth-order valence-electron chi connectivity index (χ4n) is 2.78. The van der Waals surface area contributed by atoms with E-state index in [4.69, 9.17) is 4.74 Å². The van der Waals surface area contributed by atoms with E-state index in [9.17, 15) is 18.5 Å². The summed E-state index contributed by atoms with van der Waals surface area (Å²) in [6.07, 6.45) is 2.20. The average Bonchev–Trinajstić information content (AvgIpc) is 3.29. The Morgan fingerprint density at radius 2 is 2.13 bits per heavy atom. The molecule has 30 heavy (non-hydrogen) atoms. The fourth-order valence-corrected chi connectivity index (χ4v) is 6.02. The van der Waals surface area contributed by atoms with Gasteiger partial charge in [-0.05, 0) is 57.5 Å². The predicted molar refractivity (Wildman–Crippen MR) is 115 cm³/mol. The molecule has 2 N–H and O–H groups in total. The molecule has 1 aromatic carbocycles. The molecule has 2 heterocycles. The Labute approximate surface area is 183 Å². The molecule has 2 aromatic rings. The summed E-state index contributed by atoms with van der Waals surface area (Å²) < 4.78 is 33.5. The van der Waals surface area contributed by atoms with Crippen molar-refractivity contribution in [1.29, 1.82) is 0 Å². The van der Waals surface area contributed by atoms with Gasteiger partial charge in [0.25, 0.3) is 5.69 Å². The Morgan fingerprint density at radius 1 is 1.37 bits per heavy atom. The molecule has 164 valence electrons. The fraction of sp³-hybridized carbons (Fsp3) is 0.529. The van der Waals surface area contributed by atoms with Crippen LogP contribution in [0.4, 0.5) is 10.8 Å². The molecule has 1 aromatic heterocycles. The molecule has 13 heteroatoms. The lowest BCUT2D eigenvalue weighted by atomic mass is 10.1. The van der Waals surface area contributed by atoms with Crippen LogP contribution in [0.5, 0.6) is 0 Å². The van der Waals surface area contributed by atoms with Crippen LogP contribution < -0.4 is 10.0 Å². The number of nitro groups is 1. The maximum Gasteiger partial charge on any atom is 0.284 e. The van der Waals surface area contributed by atoms with Gasteiger partial charge in [0.2, 0.25) is 15.2 Å². The van der Waals surface area contributed by atoms with Crippen molar-refractivity contribution in [2.45, 2.75) is 59.4 Å². The van der Waals surface area contributed by atoms with Crippen LogP contribution in [-0.4, -0.2) is 48.3 Å². The third-order valence-electron chi connectivity index (χ3n) is 3.99. The number of hydrogen-bond acceptors (Lipinski definition) is 10. The van der Waals surface area contributed by atoms with Gasteiger partial charge in [-0.2, -0.15) is 0 Å². The molecule has 3 rings (SSSR count). The minimum atomic E-state index is -3.89. The summed E-state index contributed by atoms with van der Waals surface area (Å²) >= 11 is 2.34. The largest absolute Gasteiger partial charge is 0.376 e. The lowest BCUT2D eigenvalue weighted by Crippen LogP contribution is -2.40. The van der Waals surface area contributed by atoms with Crippen molar-refractivity contribution in [1.82, 2.24) is 14.9 Å². The van der Waals surface area contributed by atoms with Gasteiger partial charge in [0.1, 0.15) is 0 Å². The molecule has 0 aliphatic carbocycles. The Morgan fingerprint density at radius 3 is 2.77 bits per heavy atom. The molecule has 0 radical (unpaired) electrons. The quantitative estimate of drug-likeness (QED) is 0.437. The summed E-state index contributed by atoms with van der Waals surface area (Å²) in [6, 6.07) is 3.83. The molecule has 1 aliphatic heterocycles. The standard InChI is InChI=1S/C17H23N5O5S3/c1-17(2,3)21-30(25,26)12-6-7-14(13(9-12)22(23)24)28-16-20-19-15(29-16)18-10-11-5-4-8-27-11/h6-7,9,11,21H,4-5,8,10H2,1-3H3,(H,18,19). The zero-order chi connectivity index (χ0) is 21.9. The number of nitrogens with zero attached hydrogens (tertiary/aromatic N) is 3. The molecule has 1 saturated heterocycles. The molecule has 0 spiro atoms. The maximum absolute atomic E-state index is 12.5. The van der Waals surface area contributed by atoms with Crippen LogP contribution in [-0.2, 0) is 14.8 Å². The molecular weight excluding hydrogens is 450 g/mol. The lowest BCUT2D eigenvalue weighted by molar-refractivity contribution is -0.388. The molecule has 0 saturated carbocycles. The first-order valence-electron chi connectivity index (χ1n) is 9.23. The van der Waals surface area contributed by atoms with Crippen LogP contribution >= 0.6 is 23.1 Å². The Hall–Kier alpha value is -1.80. The number of benzene rings is 1. The minimum absolute atomic E-state index is 0.155. The van der Waals surface area contributed by atoms with Gasteiger partial charge in [0, 0.05) is 24.8 Å². The van der Waals surface area contributed by atoms with Crippen LogP contribution in [0.1, 0.15) is 33.6 Å². The summed E-state index contributed by atoms with van der Waals surface area (Å²) in [5.74, 6) is 0. The Kier molecular flexibility index (Phi) is 6.97. The Bertz CT molecular complexity index is 1010. The zero-order valence-electron chi connectivity index (χ0n) is 16.7. The van der Waals surface area contributed by atoms with E-state index >= 15 is 0 Å². The van der Waals surface area contributed by atoms with Crippen molar-refractivity contribution in [3.05, 3.63) is 28.3 Å². The van der Waals surface area contributed by atoms with Crippen molar-refractivity contribution < 1.29 is 18.1 Å². The van der Waals surface area contributed by atoms with Crippen LogP contribution in [0.2, 0.25) is 0 Å². The molecule has 1 aliphatic rings. The predicted octanol–water partition coefficient (Wildman–Crippen LogP) is 3.27. The van der Waals surface area contributed by atoms with Crippen LogP contribution in [0.3, 0.4) is 0 Å². The second kappa shape index (κ2) is 9.14. The molecule has 1 unspecified atom stereocenters. The number of rotatable bonds is 8. The van der Waals surface area contributed by atoms with Crippen LogP contribution in [0, 0.1) is 10.1 Å². The first-order valence-corrected chi connectivity index (χ1v) is 12.3. The summed E-state index contributed by atoms with van der Waals surface area (Å²) in [7, 11) is -3.89. The highest BCUT2D eigenvalue weighted by Gasteiger charge is 2.26. The van der Waals surface area contributed by atoms with Gasteiger partial charge in [0.15, 0.2) is 4.34 Å². The molecule has 0 amide bonds. The number of hydrogen-bond donors (Lipinski definition) is 2. The van der Waals surface area contributed by atoms with E-state index in [0.717, 1.165) is 37.3 Å². The van der Waals surface area contributed by atoms with Gasteiger partial charge in [0.05, 0.1) is 20.8 Å². The average molecular weight is 474 g/mol. The number of sulfonamides is 1. The zero-order valence-corrected chi connectivity index (χ0v) is 19.2. The van der Waals surface area contributed by atoms with E-state index in [2.05, 4.69) is 20.2 Å². The van der Waals surface area contributed by atoms with Crippen molar-refractivity contribution in [3.8, 4) is 0 Å². The summed E-state index contributed by atoms with van der Waals surface area (Å²) in [5.41, 5.74) is -1.01. The van der Waals surface area contributed by atoms with Gasteiger partial charge < -0.3 is 10.1 Å². The monoisotopic (exact) mass is 473 g/mol. The number of nitro benzene ring substituents is 1. The molecule has 10 nitrogen and oxygen atoms in total. The highest BCUT2D eigenvalue weighted by Crippen LogP contribution is 2.38. The summed E-state index contributed by atoms with van der Waals surface area (Å²) in [4.78, 5) is 11.1. The second-order valence-electron chi connectivity index (χ2n) is 7.73. The number of ether oxygens (including phenoxy) is 1. The van der Waals surface area contributed by atoms with Crippen LogP contribution in [0.25, 0.3) is 0 Å². The second-order valence-corrected chi connectivity index (χ2v) is 11.7. The minimum Gasteiger partial charge on any atom is -0.376 e. The maximum atomic E-state index is 12.5. The molecular formula is C17H23N5O5S3. The van der Waals surface area contributed by atoms with Gasteiger partial charge in [-0.1, -0.05) is 11.3 Å². The van der Waals surface area contributed by atoms with Gasteiger partial charge >= 0.3 is 0 Å². The smallest absolute Gasteiger partial charge is 0.284 e. The van der Waals surface area contributed by atoms with Crippen molar-refractivity contribution >= 4 is 43.9 Å². The SMILES string of the molecule is CC(C)(C)NS(=O)(=O)c1ccc(Sc2nnc(NCC3CCCO3)s2)c([N+](=O)[O-])c1. The number of nitrogens with one attached hydrogen (secondary N) is 2. The van der Waals surface area contributed by atoms with Crippen molar-refractivity contribution in [2.24, 2.45) is 0 Å². The van der Waals surface area contributed by atoms with E-state index in [1.165, 1.54) is 23.5 Å². The number of anilines is 1. The van der Waals surface area contributed by atoms with E-state index in [1.807, 2.05) is 0 Å². The van der Waals surface area contributed by atoms with Crippen molar-refractivity contribution in [2.75, 3.05) is 18.5 Å². The lowest BCUT2D eigenvalue weighted by Gasteiger charge is -2.20. The van der Waals surface area contributed by atoms with Crippen molar-refractivity contribution in [3.63, 3.8) is 0 Å². The number of aromatic nitrogens is 2. The van der Waals surface area contributed by atoms with Gasteiger partial charge in [-0.25, -0.2) is 13.1 Å². The van der Waals surface area contributed by atoms with E-state index < -0.39 is 20.5 Å². The third kappa shape index (κ3) is 6.11. The summed E-state index contributed by atoms with van der Waals surface area (Å²) in [6.45, 7) is 6.49.